The van der Waals surface area contributed by atoms with E-state index in [-0.39, 0.29) is 18.3 Å². The maximum absolute atomic E-state index is 12.0. The number of phenolic OH excluding ortho intramolecular Hbond substituents is 1. The van der Waals surface area contributed by atoms with E-state index in [1.807, 2.05) is 4.90 Å². The van der Waals surface area contributed by atoms with Gasteiger partial charge in [-0.3, -0.25) is 9.69 Å². The Morgan fingerprint density at radius 3 is 2.40 bits per heavy atom. The minimum atomic E-state index is 0.00160. The summed E-state index contributed by atoms with van der Waals surface area (Å²) < 4.78 is 0. The second-order valence-corrected chi connectivity index (χ2v) is 4.82. The molecule has 0 aromatic heterocycles. The molecule has 0 bridgehead atoms. The lowest BCUT2D eigenvalue weighted by Gasteiger charge is -2.33. The van der Waals surface area contributed by atoms with Gasteiger partial charge in [-0.05, 0) is 23.8 Å². The predicted octanol–water partition coefficient (Wildman–Crippen LogP) is 0.542. The minimum absolute atomic E-state index is 0.00160. The van der Waals surface area contributed by atoms with Gasteiger partial charge < -0.3 is 15.1 Å². The molecule has 0 radical (unpaired) electrons. The van der Waals surface area contributed by atoms with Gasteiger partial charge in [-0.25, -0.2) is 0 Å². The third-order valence-corrected chi connectivity index (χ3v) is 3.41. The van der Waals surface area contributed by atoms with Crippen LogP contribution in [0.5, 0.6) is 5.75 Å². The number of hydrogen-bond donors (Lipinski definition) is 2. The fourth-order valence-electron chi connectivity index (χ4n) is 2.19. The number of aromatic hydroxyl groups is 1. The average molecular weight is 276 g/mol. The molecule has 20 heavy (non-hydrogen) atoms. The van der Waals surface area contributed by atoms with Gasteiger partial charge in [0.25, 0.3) is 0 Å². The van der Waals surface area contributed by atoms with Crippen LogP contribution in [0.3, 0.4) is 0 Å². The minimum Gasteiger partial charge on any atom is -0.508 e. The predicted molar refractivity (Wildman–Crippen MR) is 77.2 cm³/mol. The Bertz CT molecular complexity index is 463. The fraction of sp³-hybridized carbons (Fsp3) is 0.400. The molecule has 0 atom stereocenters. The third-order valence-electron chi connectivity index (χ3n) is 3.41. The van der Waals surface area contributed by atoms with Gasteiger partial charge in [0, 0.05) is 38.8 Å². The summed E-state index contributed by atoms with van der Waals surface area (Å²) >= 11 is 0. The molecule has 1 fully saturated rings. The van der Waals surface area contributed by atoms with Crippen molar-refractivity contribution in [3.8, 4) is 5.75 Å². The van der Waals surface area contributed by atoms with Crippen molar-refractivity contribution in [3.05, 3.63) is 35.9 Å². The lowest BCUT2D eigenvalue weighted by molar-refractivity contribution is -0.127. The number of piperazine rings is 1. The normalized spacial score (nSPS) is 16.8. The molecule has 1 aromatic rings. The highest BCUT2D eigenvalue weighted by Gasteiger charge is 2.18. The fourth-order valence-corrected chi connectivity index (χ4v) is 2.19. The number of aliphatic hydroxyl groups is 1. The number of β-amino-alcohol motifs (C(OH)–C–C–N with tert-alkyl or cyclic N) is 1. The number of benzene rings is 1. The second kappa shape index (κ2) is 7.07. The molecule has 0 aliphatic carbocycles. The number of aliphatic hydroxyl groups excluding tert-OH is 1. The Labute approximate surface area is 118 Å². The van der Waals surface area contributed by atoms with E-state index in [0.717, 1.165) is 18.7 Å². The lowest BCUT2D eigenvalue weighted by atomic mass is 10.2. The molecule has 5 nitrogen and oxygen atoms in total. The van der Waals surface area contributed by atoms with Crippen molar-refractivity contribution < 1.29 is 15.0 Å². The van der Waals surface area contributed by atoms with Gasteiger partial charge in [-0.2, -0.15) is 0 Å². The van der Waals surface area contributed by atoms with Crippen molar-refractivity contribution in [2.45, 2.75) is 0 Å². The third kappa shape index (κ3) is 4.08. The van der Waals surface area contributed by atoms with Crippen molar-refractivity contribution in [1.29, 1.82) is 0 Å². The Morgan fingerprint density at radius 1 is 1.15 bits per heavy atom. The number of amides is 1. The average Bonchev–Trinajstić information content (AvgIpc) is 2.47. The van der Waals surface area contributed by atoms with E-state index >= 15 is 0 Å². The quantitative estimate of drug-likeness (QED) is 0.788. The number of carbonyl (C=O) groups excluding carboxylic acids is 1. The van der Waals surface area contributed by atoms with E-state index in [2.05, 4.69) is 4.90 Å². The Hall–Kier alpha value is -1.85. The molecule has 1 amide bonds. The van der Waals surface area contributed by atoms with E-state index in [9.17, 15) is 9.90 Å². The zero-order valence-corrected chi connectivity index (χ0v) is 11.4. The second-order valence-electron chi connectivity index (χ2n) is 4.82. The molecule has 0 spiro atoms. The van der Waals surface area contributed by atoms with Gasteiger partial charge in [-0.15, -0.1) is 0 Å². The van der Waals surface area contributed by atoms with Crippen LogP contribution in [0.2, 0.25) is 0 Å². The molecule has 1 heterocycles. The van der Waals surface area contributed by atoms with Crippen molar-refractivity contribution in [3.63, 3.8) is 0 Å². The van der Waals surface area contributed by atoms with E-state index in [1.54, 1.807) is 36.4 Å². The van der Waals surface area contributed by atoms with Crippen LogP contribution in [0, 0.1) is 0 Å². The number of hydrogen-bond acceptors (Lipinski definition) is 4. The van der Waals surface area contributed by atoms with Gasteiger partial charge in [0.1, 0.15) is 5.75 Å². The summed E-state index contributed by atoms with van der Waals surface area (Å²) in [5, 5.41) is 18.1. The van der Waals surface area contributed by atoms with Gasteiger partial charge in [0.2, 0.25) is 5.91 Å². The SMILES string of the molecule is O=C(/C=C/c1ccc(O)cc1)N1CCN(CCO)CC1. The summed E-state index contributed by atoms with van der Waals surface area (Å²) in [6.45, 7) is 3.83. The number of rotatable bonds is 4. The molecule has 2 N–H and O–H groups in total. The largest absolute Gasteiger partial charge is 0.508 e. The van der Waals surface area contributed by atoms with E-state index in [1.165, 1.54) is 0 Å². The molecular weight excluding hydrogens is 256 g/mol. The number of carbonyl (C=O) groups is 1. The highest BCUT2D eigenvalue weighted by atomic mass is 16.3. The highest BCUT2D eigenvalue weighted by Crippen LogP contribution is 2.11. The molecule has 0 unspecified atom stereocenters. The van der Waals surface area contributed by atoms with E-state index in [0.29, 0.717) is 19.6 Å². The summed E-state index contributed by atoms with van der Waals surface area (Å²) in [4.78, 5) is 16.0. The van der Waals surface area contributed by atoms with Crippen LogP contribution in [0.15, 0.2) is 30.3 Å². The van der Waals surface area contributed by atoms with Crippen LogP contribution in [0.4, 0.5) is 0 Å². The van der Waals surface area contributed by atoms with E-state index in [4.69, 9.17) is 5.11 Å². The summed E-state index contributed by atoms with van der Waals surface area (Å²) in [5.74, 6) is 0.218. The first-order valence-electron chi connectivity index (χ1n) is 6.78. The summed E-state index contributed by atoms with van der Waals surface area (Å²) in [7, 11) is 0. The first-order valence-corrected chi connectivity index (χ1v) is 6.78. The van der Waals surface area contributed by atoms with Crippen LogP contribution in [-0.4, -0.2) is 65.3 Å². The zero-order chi connectivity index (χ0) is 14.4. The van der Waals surface area contributed by atoms with Crippen LogP contribution >= 0.6 is 0 Å². The van der Waals surface area contributed by atoms with Crippen molar-refractivity contribution >= 4 is 12.0 Å². The molecule has 108 valence electrons. The van der Waals surface area contributed by atoms with Crippen LogP contribution < -0.4 is 0 Å². The molecule has 2 rings (SSSR count). The summed E-state index contributed by atoms with van der Waals surface area (Å²) in [5.41, 5.74) is 0.884. The van der Waals surface area contributed by atoms with E-state index < -0.39 is 0 Å². The Balaban J connectivity index is 1.85. The zero-order valence-electron chi connectivity index (χ0n) is 11.4. The van der Waals surface area contributed by atoms with Crippen molar-refractivity contribution in [1.82, 2.24) is 9.80 Å². The number of phenols is 1. The van der Waals surface area contributed by atoms with Crippen LogP contribution in [0.1, 0.15) is 5.56 Å². The molecule has 0 saturated carbocycles. The molecule has 1 aromatic carbocycles. The van der Waals surface area contributed by atoms with Gasteiger partial charge in [0.15, 0.2) is 0 Å². The van der Waals surface area contributed by atoms with Crippen molar-refractivity contribution in [2.24, 2.45) is 0 Å². The standard InChI is InChI=1S/C15H20N2O3/c18-12-11-16-7-9-17(10-8-16)15(20)6-3-13-1-4-14(19)5-2-13/h1-6,18-19H,7-12H2/b6-3+. The molecule has 1 aliphatic rings. The van der Waals surface area contributed by atoms with Crippen LogP contribution in [-0.2, 0) is 4.79 Å². The molecular formula is C15H20N2O3. The number of nitrogens with zero attached hydrogens (tertiary/aromatic N) is 2. The van der Waals surface area contributed by atoms with Crippen molar-refractivity contribution in [2.75, 3.05) is 39.3 Å². The van der Waals surface area contributed by atoms with Gasteiger partial charge in [-0.1, -0.05) is 12.1 Å². The topological polar surface area (TPSA) is 64.0 Å². The maximum atomic E-state index is 12.0. The Kier molecular flexibility index (Phi) is 5.15. The van der Waals surface area contributed by atoms with Gasteiger partial charge in [0.05, 0.1) is 6.61 Å². The molecule has 1 saturated heterocycles. The first-order chi connectivity index (χ1) is 9.69. The molecule has 1 aliphatic heterocycles. The monoisotopic (exact) mass is 276 g/mol. The molecule has 5 heteroatoms. The van der Waals surface area contributed by atoms with Crippen LogP contribution in [0.25, 0.3) is 6.08 Å². The highest BCUT2D eigenvalue weighted by molar-refractivity contribution is 5.91. The maximum Gasteiger partial charge on any atom is 0.246 e. The lowest BCUT2D eigenvalue weighted by Crippen LogP contribution is -2.48. The van der Waals surface area contributed by atoms with Gasteiger partial charge >= 0.3 is 0 Å². The smallest absolute Gasteiger partial charge is 0.246 e. The first kappa shape index (κ1) is 14.6. The summed E-state index contributed by atoms with van der Waals surface area (Å²) in [6.07, 6.45) is 3.32. The Morgan fingerprint density at radius 2 is 1.80 bits per heavy atom. The summed E-state index contributed by atoms with van der Waals surface area (Å²) in [6, 6.07) is 6.71.